The van der Waals surface area contributed by atoms with Gasteiger partial charge in [0.1, 0.15) is 0 Å². The standard InChI is InChI=1S/C15H21BrN2O2/c1-10(2)11-4-3-5-12(8-11)17-15-9-13(18(19)20)6-7-14(15)16/h6-7,9-12,17H,3-5,8H2,1-2H3. The molecule has 0 aliphatic heterocycles. The number of anilines is 1. The van der Waals surface area contributed by atoms with Crippen molar-refractivity contribution in [3.05, 3.63) is 32.8 Å². The molecule has 5 heteroatoms. The minimum atomic E-state index is -0.352. The normalized spacial score (nSPS) is 22.8. The zero-order valence-corrected chi connectivity index (χ0v) is 13.5. The summed E-state index contributed by atoms with van der Waals surface area (Å²) in [6.07, 6.45) is 4.81. The predicted octanol–water partition coefficient (Wildman–Crippen LogP) is 4.98. The van der Waals surface area contributed by atoms with Crippen LogP contribution in [0.2, 0.25) is 0 Å². The minimum Gasteiger partial charge on any atom is -0.381 e. The van der Waals surface area contributed by atoms with Crippen LogP contribution in [-0.4, -0.2) is 11.0 Å². The predicted molar refractivity (Wildman–Crippen MR) is 85.0 cm³/mol. The number of hydrogen-bond acceptors (Lipinski definition) is 3. The van der Waals surface area contributed by atoms with Crippen molar-refractivity contribution in [2.24, 2.45) is 11.8 Å². The Hall–Kier alpha value is -1.10. The van der Waals surface area contributed by atoms with Gasteiger partial charge in [-0.2, -0.15) is 0 Å². The van der Waals surface area contributed by atoms with Crippen molar-refractivity contribution in [2.75, 3.05) is 5.32 Å². The van der Waals surface area contributed by atoms with Gasteiger partial charge in [-0.3, -0.25) is 10.1 Å². The van der Waals surface area contributed by atoms with E-state index in [-0.39, 0.29) is 10.6 Å². The Kier molecular flexibility index (Phi) is 5.02. The maximum absolute atomic E-state index is 10.9. The van der Waals surface area contributed by atoms with E-state index < -0.39 is 0 Å². The lowest BCUT2D eigenvalue weighted by Gasteiger charge is -2.32. The highest BCUT2D eigenvalue weighted by molar-refractivity contribution is 9.10. The molecular formula is C15H21BrN2O2. The van der Waals surface area contributed by atoms with Crippen LogP contribution >= 0.6 is 15.9 Å². The number of nitrogens with zero attached hydrogens (tertiary/aromatic N) is 1. The van der Waals surface area contributed by atoms with E-state index in [0.717, 1.165) is 28.9 Å². The highest BCUT2D eigenvalue weighted by atomic mass is 79.9. The Labute approximate surface area is 128 Å². The van der Waals surface area contributed by atoms with Gasteiger partial charge in [-0.1, -0.05) is 26.7 Å². The molecule has 1 aromatic carbocycles. The third kappa shape index (κ3) is 3.72. The van der Waals surface area contributed by atoms with Gasteiger partial charge < -0.3 is 5.32 Å². The van der Waals surface area contributed by atoms with Crippen molar-refractivity contribution in [3.63, 3.8) is 0 Å². The fourth-order valence-corrected chi connectivity index (χ4v) is 3.28. The van der Waals surface area contributed by atoms with Crippen molar-refractivity contribution in [3.8, 4) is 0 Å². The van der Waals surface area contributed by atoms with Crippen molar-refractivity contribution >= 4 is 27.3 Å². The summed E-state index contributed by atoms with van der Waals surface area (Å²) >= 11 is 3.47. The monoisotopic (exact) mass is 340 g/mol. The highest BCUT2D eigenvalue weighted by Gasteiger charge is 2.24. The minimum absolute atomic E-state index is 0.131. The Morgan fingerprint density at radius 1 is 1.40 bits per heavy atom. The SMILES string of the molecule is CC(C)C1CCCC(Nc2cc([N+](=O)[O-])ccc2Br)C1. The van der Waals surface area contributed by atoms with Crippen LogP contribution in [0, 0.1) is 22.0 Å². The Bertz CT molecular complexity index is 491. The molecule has 4 nitrogen and oxygen atoms in total. The van der Waals surface area contributed by atoms with E-state index in [2.05, 4.69) is 35.1 Å². The van der Waals surface area contributed by atoms with Crippen molar-refractivity contribution in [1.82, 2.24) is 0 Å². The van der Waals surface area contributed by atoms with Crippen molar-refractivity contribution in [1.29, 1.82) is 0 Å². The maximum Gasteiger partial charge on any atom is 0.271 e. The maximum atomic E-state index is 10.9. The summed E-state index contributed by atoms with van der Waals surface area (Å²) in [4.78, 5) is 10.5. The van der Waals surface area contributed by atoms with Gasteiger partial charge >= 0.3 is 0 Å². The first kappa shape index (κ1) is 15.3. The first-order chi connectivity index (χ1) is 9.47. The molecule has 0 saturated heterocycles. The second kappa shape index (κ2) is 6.57. The molecule has 0 spiro atoms. The number of hydrogen-bond donors (Lipinski definition) is 1. The first-order valence-electron chi connectivity index (χ1n) is 7.18. The van der Waals surface area contributed by atoms with Gasteiger partial charge in [0.05, 0.1) is 10.6 Å². The first-order valence-corrected chi connectivity index (χ1v) is 7.97. The summed E-state index contributed by atoms with van der Waals surface area (Å²) in [5, 5.41) is 14.3. The number of non-ortho nitro benzene ring substituents is 1. The quantitative estimate of drug-likeness (QED) is 0.620. The molecule has 1 aromatic rings. The molecule has 0 heterocycles. The Balaban J connectivity index is 2.09. The molecule has 0 aromatic heterocycles. The number of nitro groups is 1. The fraction of sp³-hybridized carbons (Fsp3) is 0.600. The van der Waals surface area contributed by atoms with Crippen LogP contribution in [0.5, 0.6) is 0 Å². The van der Waals surface area contributed by atoms with Crippen LogP contribution in [0.15, 0.2) is 22.7 Å². The fourth-order valence-electron chi connectivity index (χ4n) is 2.92. The lowest BCUT2D eigenvalue weighted by molar-refractivity contribution is -0.384. The van der Waals surface area contributed by atoms with E-state index in [9.17, 15) is 10.1 Å². The summed E-state index contributed by atoms with van der Waals surface area (Å²) < 4.78 is 0.884. The van der Waals surface area contributed by atoms with E-state index >= 15 is 0 Å². The number of nitrogens with one attached hydrogen (secondary N) is 1. The molecule has 1 aliphatic rings. The molecule has 2 atom stereocenters. The van der Waals surface area contributed by atoms with Gasteiger partial charge in [0, 0.05) is 22.6 Å². The van der Waals surface area contributed by atoms with E-state index in [1.54, 1.807) is 12.1 Å². The number of benzene rings is 1. The van der Waals surface area contributed by atoms with Crippen LogP contribution in [0.25, 0.3) is 0 Å². The third-order valence-electron chi connectivity index (χ3n) is 4.18. The lowest BCUT2D eigenvalue weighted by Crippen LogP contribution is -2.29. The zero-order chi connectivity index (χ0) is 14.7. The lowest BCUT2D eigenvalue weighted by atomic mass is 9.79. The second-order valence-corrected chi connectivity index (χ2v) is 6.79. The molecule has 1 saturated carbocycles. The molecule has 20 heavy (non-hydrogen) atoms. The highest BCUT2D eigenvalue weighted by Crippen LogP contribution is 2.34. The molecule has 110 valence electrons. The van der Waals surface area contributed by atoms with Gasteiger partial charge in [0.2, 0.25) is 0 Å². The third-order valence-corrected chi connectivity index (χ3v) is 4.87. The van der Waals surface area contributed by atoms with Gasteiger partial charge in [-0.05, 0) is 46.7 Å². The van der Waals surface area contributed by atoms with Crippen molar-refractivity contribution in [2.45, 2.75) is 45.6 Å². The Morgan fingerprint density at radius 2 is 2.15 bits per heavy atom. The largest absolute Gasteiger partial charge is 0.381 e. The number of nitro benzene ring substituents is 1. The van der Waals surface area contributed by atoms with Crippen LogP contribution in [0.3, 0.4) is 0 Å². The van der Waals surface area contributed by atoms with Crippen LogP contribution in [0.4, 0.5) is 11.4 Å². The molecule has 1 fully saturated rings. The number of rotatable bonds is 4. The van der Waals surface area contributed by atoms with Crippen LogP contribution in [0.1, 0.15) is 39.5 Å². The smallest absolute Gasteiger partial charge is 0.271 e. The van der Waals surface area contributed by atoms with E-state index in [1.807, 2.05) is 0 Å². The van der Waals surface area contributed by atoms with E-state index in [0.29, 0.717) is 12.0 Å². The van der Waals surface area contributed by atoms with Crippen molar-refractivity contribution < 1.29 is 4.92 Å². The molecule has 0 radical (unpaired) electrons. The molecule has 1 N–H and O–H groups in total. The van der Waals surface area contributed by atoms with E-state index in [4.69, 9.17) is 0 Å². The topological polar surface area (TPSA) is 55.2 Å². The molecular weight excluding hydrogens is 320 g/mol. The summed E-state index contributed by atoms with van der Waals surface area (Å²) in [5.74, 6) is 1.45. The second-order valence-electron chi connectivity index (χ2n) is 5.93. The molecule has 1 aliphatic carbocycles. The van der Waals surface area contributed by atoms with Gasteiger partial charge in [0.25, 0.3) is 5.69 Å². The summed E-state index contributed by atoms with van der Waals surface area (Å²) in [6.45, 7) is 4.55. The zero-order valence-electron chi connectivity index (χ0n) is 11.9. The van der Waals surface area contributed by atoms with Gasteiger partial charge in [-0.15, -0.1) is 0 Å². The van der Waals surface area contributed by atoms with E-state index in [1.165, 1.54) is 18.9 Å². The summed E-state index contributed by atoms with van der Waals surface area (Å²) in [7, 11) is 0. The summed E-state index contributed by atoms with van der Waals surface area (Å²) in [6, 6.07) is 5.29. The molecule has 0 amide bonds. The van der Waals surface area contributed by atoms with Gasteiger partial charge in [0.15, 0.2) is 0 Å². The van der Waals surface area contributed by atoms with Crippen LogP contribution in [-0.2, 0) is 0 Å². The van der Waals surface area contributed by atoms with Gasteiger partial charge in [-0.25, -0.2) is 0 Å². The van der Waals surface area contributed by atoms with Crippen LogP contribution < -0.4 is 5.32 Å². The summed E-state index contributed by atoms with van der Waals surface area (Å²) in [5.41, 5.74) is 0.959. The Morgan fingerprint density at radius 3 is 2.80 bits per heavy atom. The molecule has 2 unspecified atom stereocenters. The number of halogens is 1. The molecule has 0 bridgehead atoms. The average Bonchev–Trinajstić information content (AvgIpc) is 2.41. The molecule has 2 rings (SSSR count). The average molecular weight is 341 g/mol.